The summed E-state index contributed by atoms with van der Waals surface area (Å²) in [7, 11) is 0. The lowest BCUT2D eigenvalue weighted by molar-refractivity contribution is 0.100. The Morgan fingerprint density at radius 3 is 2.62 bits per heavy atom. The Kier molecular flexibility index (Phi) is 4.99. The van der Waals surface area contributed by atoms with Crippen LogP contribution in [0.25, 0.3) is 28.0 Å². The molecule has 0 aliphatic heterocycles. The number of benzene rings is 1. The van der Waals surface area contributed by atoms with Crippen LogP contribution in [0, 0.1) is 5.92 Å². The number of aromatic nitrogens is 3. The average molecular weight is 386 g/mol. The van der Waals surface area contributed by atoms with Crippen molar-refractivity contribution >= 4 is 11.6 Å². The second-order valence-corrected chi connectivity index (χ2v) is 7.32. The third-order valence-corrected chi connectivity index (χ3v) is 4.59. The predicted octanol–water partition coefficient (Wildman–Crippen LogP) is 4.20. The third-order valence-electron chi connectivity index (χ3n) is 4.59. The highest BCUT2D eigenvalue weighted by atomic mass is 16.5. The van der Waals surface area contributed by atoms with Crippen molar-refractivity contribution in [2.24, 2.45) is 11.7 Å². The number of imidazole rings is 1. The van der Waals surface area contributed by atoms with Crippen LogP contribution < -0.4 is 10.5 Å². The summed E-state index contributed by atoms with van der Waals surface area (Å²) in [4.78, 5) is 20.4. The van der Waals surface area contributed by atoms with E-state index >= 15 is 0 Å². The molecular weight excluding hydrogens is 364 g/mol. The van der Waals surface area contributed by atoms with Crippen LogP contribution in [0.3, 0.4) is 0 Å². The van der Waals surface area contributed by atoms with E-state index in [-0.39, 0.29) is 0 Å². The van der Waals surface area contributed by atoms with Crippen LogP contribution >= 0.6 is 0 Å². The Morgan fingerprint density at radius 1 is 1.03 bits per heavy atom. The van der Waals surface area contributed by atoms with Crippen molar-refractivity contribution in [3.63, 3.8) is 0 Å². The van der Waals surface area contributed by atoms with Crippen molar-refractivity contribution in [2.75, 3.05) is 6.61 Å². The highest BCUT2D eigenvalue weighted by Crippen LogP contribution is 2.26. The Hall–Kier alpha value is -3.67. The Bertz CT molecular complexity index is 1160. The van der Waals surface area contributed by atoms with E-state index < -0.39 is 5.91 Å². The third kappa shape index (κ3) is 3.96. The molecule has 0 unspecified atom stereocenters. The summed E-state index contributed by atoms with van der Waals surface area (Å²) in [6.45, 7) is 4.85. The van der Waals surface area contributed by atoms with E-state index in [2.05, 4.69) is 23.8 Å². The number of pyridine rings is 2. The van der Waals surface area contributed by atoms with Crippen LogP contribution in [-0.2, 0) is 0 Å². The van der Waals surface area contributed by atoms with E-state index in [1.807, 2.05) is 53.2 Å². The minimum Gasteiger partial charge on any atom is -0.477 e. The van der Waals surface area contributed by atoms with Crippen LogP contribution in [0.2, 0.25) is 0 Å². The van der Waals surface area contributed by atoms with Crippen molar-refractivity contribution in [1.82, 2.24) is 14.4 Å². The number of nitrogens with zero attached hydrogens (tertiary/aromatic N) is 3. The number of primary amides is 1. The maximum Gasteiger partial charge on any atom is 0.248 e. The van der Waals surface area contributed by atoms with Crippen molar-refractivity contribution in [3.8, 4) is 28.3 Å². The molecule has 6 nitrogen and oxygen atoms in total. The second kappa shape index (κ2) is 7.75. The summed E-state index contributed by atoms with van der Waals surface area (Å²) in [6, 6.07) is 15.1. The summed E-state index contributed by atoms with van der Waals surface area (Å²) in [5.74, 6) is 0.634. The summed E-state index contributed by atoms with van der Waals surface area (Å²) in [6.07, 6.45) is 5.56. The number of ether oxygens (including phenoxy) is 1. The lowest BCUT2D eigenvalue weighted by Crippen LogP contribution is -2.10. The van der Waals surface area contributed by atoms with Crippen LogP contribution in [0.4, 0.5) is 0 Å². The maximum absolute atomic E-state index is 11.5. The van der Waals surface area contributed by atoms with Crippen molar-refractivity contribution in [1.29, 1.82) is 0 Å². The average Bonchev–Trinajstić information content (AvgIpc) is 3.16. The molecule has 4 rings (SSSR count). The van der Waals surface area contributed by atoms with Gasteiger partial charge in [0, 0.05) is 35.2 Å². The van der Waals surface area contributed by atoms with Gasteiger partial charge in [-0.3, -0.25) is 9.20 Å². The van der Waals surface area contributed by atoms with E-state index in [4.69, 9.17) is 10.5 Å². The molecule has 2 N–H and O–H groups in total. The van der Waals surface area contributed by atoms with Crippen LogP contribution in [-0.4, -0.2) is 26.9 Å². The van der Waals surface area contributed by atoms with E-state index in [1.54, 1.807) is 18.3 Å². The number of amides is 1. The van der Waals surface area contributed by atoms with Gasteiger partial charge >= 0.3 is 0 Å². The summed E-state index contributed by atoms with van der Waals surface area (Å²) in [5, 5.41) is 0. The van der Waals surface area contributed by atoms with Gasteiger partial charge in [-0.15, -0.1) is 0 Å². The van der Waals surface area contributed by atoms with Gasteiger partial charge in [0.05, 0.1) is 18.5 Å². The monoisotopic (exact) mass is 386 g/mol. The zero-order chi connectivity index (χ0) is 20.4. The predicted molar refractivity (Wildman–Crippen MR) is 113 cm³/mol. The molecule has 3 aromatic heterocycles. The van der Waals surface area contributed by atoms with E-state index in [0.717, 1.165) is 28.0 Å². The minimum absolute atomic E-state index is 0.448. The van der Waals surface area contributed by atoms with E-state index in [0.29, 0.717) is 24.0 Å². The van der Waals surface area contributed by atoms with Gasteiger partial charge < -0.3 is 10.5 Å². The molecule has 3 heterocycles. The first-order chi connectivity index (χ1) is 14.0. The molecule has 0 spiro atoms. The largest absolute Gasteiger partial charge is 0.477 e. The Labute approximate surface area is 169 Å². The molecule has 0 bridgehead atoms. The zero-order valence-corrected chi connectivity index (χ0v) is 16.4. The molecule has 0 saturated heterocycles. The van der Waals surface area contributed by atoms with Crippen molar-refractivity contribution in [3.05, 3.63) is 72.7 Å². The van der Waals surface area contributed by atoms with E-state index in [9.17, 15) is 4.79 Å². The maximum atomic E-state index is 11.5. The van der Waals surface area contributed by atoms with Gasteiger partial charge in [0.25, 0.3) is 0 Å². The standard InChI is InChI=1S/C23H22N4O2/c1-15(2)14-29-22-7-6-19(12-26-22)16-8-9-27-20(13-25-21(27)11-16)17-4-3-5-18(10-17)23(24)28/h3-13,15H,14H2,1-2H3,(H2,24,28). The minimum atomic E-state index is -0.448. The van der Waals surface area contributed by atoms with Gasteiger partial charge in [-0.25, -0.2) is 9.97 Å². The van der Waals surface area contributed by atoms with Crippen molar-refractivity contribution < 1.29 is 9.53 Å². The van der Waals surface area contributed by atoms with Gasteiger partial charge in [0.2, 0.25) is 11.8 Å². The van der Waals surface area contributed by atoms with Crippen LogP contribution in [0.1, 0.15) is 24.2 Å². The molecule has 0 aliphatic rings. The lowest BCUT2D eigenvalue weighted by atomic mass is 10.1. The summed E-state index contributed by atoms with van der Waals surface area (Å²) in [5.41, 5.74) is 10.5. The normalized spacial score (nSPS) is 11.1. The molecule has 0 atom stereocenters. The van der Waals surface area contributed by atoms with E-state index in [1.165, 1.54) is 0 Å². The first-order valence-electron chi connectivity index (χ1n) is 9.48. The fourth-order valence-corrected chi connectivity index (χ4v) is 3.09. The number of nitrogens with two attached hydrogens (primary N) is 1. The molecule has 6 heteroatoms. The van der Waals surface area contributed by atoms with Crippen LogP contribution in [0.5, 0.6) is 5.88 Å². The molecule has 4 aromatic rings. The zero-order valence-electron chi connectivity index (χ0n) is 16.4. The SMILES string of the molecule is CC(C)COc1ccc(-c2ccn3c(-c4cccc(C(N)=O)c4)cnc3c2)cn1. The number of rotatable bonds is 6. The van der Waals surface area contributed by atoms with Crippen molar-refractivity contribution in [2.45, 2.75) is 13.8 Å². The van der Waals surface area contributed by atoms with Gasteiger partial charge in [-0.05, 0) is 41.8 Å². The molecule has 1 aromatic carbocycles. The number of fused-ring (bicyclic) bond motifs is 1. The molecular formula is C23H22N4O2. The fraction of sp³-hybridized carbons (Fsp3) is 0.174. The lowest BCUT2D eigenvalue weighted by Gasteiger charge is -2.09. The number of hydrogen-bond acceptors (Lipinski definition) is 4. The number of carbonyl (C=O) groups excluding carboxylic acids is 1. The number of hydrogen-bond donors (Lipinski definition) is 1. The van der Waals surface area contributed by atoms with Crippen LogP contribution in [0.15, 0.2) is 67.1 Å². The molecule has 29 heavy (non-hydrogen) atoms. The topological polar surface area (TPSA) is 82.5 Å². The molecule has 1 amide bonds. The molecule has 0 saturated carbocycles. The second-order valence-electron chi connectivity index (χ2n) is 7.32. The van der Waals surface area contributed by atoms with Gasteiger partial charge in [-0.2, -0.15) is 0 Å². The summed E-state index contributed by atoms with van der Waals surface area (Å²) >= 11 is 0. The Morgan fingerprint density at radius 2 is 1.90 bits per heavy atom. The first-order valence-corrected chi connectivity index (χ1v) is 9.48. The number of carbonyl (C=O) groups is 1. The first kappa shape index (κ1) is 18.7. The van der Waals surface area contributed by atoms with Gasteiger partial charge in [0.15, 0.2) is 0 Å². The molecule has 0 aliphatic carbocycles. The molecule has 0 radical (unpaired) electrons. The van der Waals surface area contributed by atoms with Gasteiger partial charge in [0.1, 0.15) is 5.65 Å². The van der Waals surface area contributed by atoms with Gasteiger partial charge in [-0.1, -0.05) is 26.0 Å². The quantitative estimate of drug-likeness (QED) is 0.538. The smallest absolute Gasteiger partial charge is 0.248 e. The summed E-state index contributed by atoms with van der Waals surface area (Å²) < 4.78 is 7.63. The highest BCUT2D eigenvalue weighted by Gasteiger charge is 2.10. The fourth-order valence-electron chi connectivity index (χ4n) is 3.09. The Balaban J connectivity index is 1.63. The molecule has 146 valence electrons. The molecule has 0 fully saturated rings. The highest BCUT2D eigenvalue weighted by molar-refractivity contribution is 5.94.